The van der Waals surface area contributed by atoms with Gasteiger partial charge in [0.1, 0.15) is 5.76 Å². The number of furan rings is 1. The Balaban J connectivity index is 1.97. The number of nitrogens with one attached hydrogen (secondary N) is 1. The number of thiocarbonyl (C=S) groups is 1. The highest BCUT2D eigenvalue weighted by molar-refractivity contribution is 7.80. The summed E-state index contributed by atoms with van der Waals surface area (Å²) in [4.78, 5) is 2.23. The van der Waals surface area contributed by atoms with E-state index in [1.165, 1.54) is 12.8 Å². The Bertz CT molecular complexity index is 344. The summed E-state index contributed by atoms with van der Waals surface area (Å²) in [6, 6.07) is 4.89. The summed E-state index contributed by atoms with van der Waals surface area (Å²) in [6.07, 6.45) is 4.18. The fourth-order valence-corrected chi connectivity index (χ4v) is 2.10. The molecule has 0 bridgehead atoms. The largest absolute Gasteiger partial charge is 0.467 e. The van der Waals surface area contributed by atoms with Crippen molar-refractivity contribution in [2.75, 3.05) is 0 Å². The zero-order valence-corrected chi connectivity index (χ0v) is 10.6. The minimum absolute atomic E-state index is 0.380. The Morgan fingerprint density at radius 2 is 2.38 bits per heavy atom. The van der Waals surface area contributed by atoms with Crippen LogP contribution in [0.5, 0.6) is 0 Å². The molecule has 1 heterocycles. The monoisotopic (exact) mass is 238 g/mol. The molecule has 88 valence electrons. The molecule has 0 unspecified atom stereocenters. The molecule has 1 aliphatic rings. The van der Waals surface area contributed by atoms with Crippen LogP contribution in [0.4, 0.5) is 0 Å². The van der Waals surface area contributed by atoms with Crippen LogP contribution in [0.25, 0.3) is 0 Å². The van der Waals surface area contributed by atoms with Crippen LogP contribution < -0.4 is 5.32 Å². The Hall–Kier alpha value is -1.03. The van der Waals surface area contributed by atoms with Crippen molar-refractivity contribution < 1.29 is 4.42 Å². The highest BCUT2D eigenvalue weighted by Crippen LogP contribution is 2.28. The van der Waals surface area contributed by atoms with Gasteiger partial charge >= 0.3 is 0 Å². The standard InChI is InChI=1S/C12H18N2OS/c1-9(2)13-12(16)14(10-5-6-10)8-11-4-3-7-15-11/h3-4,7,9-10H,5-6,8H2,1-2H3,(H,13,16). The van der Waals surface area contributed by atoms with E-state index >= 15 is 0 Å². The molecule has 0 aliphatic heterocycles. The molecule has 2 rings (SSSR count). The molecule has 0 amide bonds. The third-order valence-electron chi connectivity index (χ3n) is 2.57. The fourth-order valence-electron chi connectivity index (χ4n) is 1.65. The van der Waals surface area contributed by atoms with Gasteiger partial charge in [0, 0.05) is 12.1 Å². The highest BCUT2D eigenvalue weighted by Gasteiger charge is 2.31. The third kappa shape index (κ3) is 2.98. The smallest absolute Gasteiger partial charge is 0.169 e. The zero-order valence-electron chi connectivity index (χ0n) is 9.77. The first kappa shape index (κ1) is 11.5. The van der Waals surface area contributed by atoms with E-state index in [1.807, 2.05) is 12.1 Å². The summed E-state index contributed by atoms with van der Waals surface area (Å²) in [5, 5.41) is 4.13. The van der Waals surface area contributed by atoms with E-state index in [2.05, 4.69) is 24.1 Å². The van der Waals surface area contributed by atoms with Gasteiger partial charge in [0.25, 0.3) is 0 Å². The van der Waals surface area contributed by atoms with Gasteiger partial charge in [-0.15, -0.1) is 0 Å². The topological polar surface area (TPSA) is 28.4 Å². The van der Waals surface area contributed by atoms with E-state index in [0.29, 0.717) is 12.1 Å². The molecule has 16 heavy (non-hydrogen) atoms. The highest BCUT2D eigenvalue weighted by atomic mass is 32.1. The second-order valence-electron chi connectivity index (χ2n) is 4.54. The van der Waals surface area contributed by atoms with Gasteiger partial charge in [-0.05, 0) is 51.0 Å². The van der Waals surface area contributed by atoms with Gasteiger partial charge < -0.3 is 14.6 Å². The number of nitrogens with zero attached hydrogens (tertiary/aromatic N) is 1. The molecule has 4 heteroatoms. The van der Waals surface area contributed by atoms with Crippen LogP contribution in [-0.2, 0) is 6.54 Å². The number of rotatable bonds is 4. The van der Waals surface area contributed by atoms with Crippen molar-refractivity contribution >= 4 is 17.3 Å². The molecular weight excluding hydrogens is 220 g/mol. The lowest BCUT2D eigenvalue weighted by atomic mass is 10.3. The third-order valence-corrected chi connectivity index (χ3v) is 2.92. The van der Waals surface area contributed by atoms with E-state index in [0.717, 1.165) is 17.4 Å². The average Bonchev–Trinajstić information content (AvgIpc) is 2.91. The van der Waals surface area contributed by atoms with Crippen LogP contribution in [0.15, 0.2) is 22.8 Å². The van der Waals surface area contributed by atoms with E-state index in [9.17, 15) is 0 Å². The lowest BCUT2D eigenvalue weighted by molar-refractivity contribution is 0.347. The first-order valence-electron chi connectivity index (χ1n) is 5.76. The maximum Gasteiger partial charge on any atom is 0.169 e. The first-order valence-corrected chi connectivity index (χ1v) is 6.17. The first-order chi connectivity index (χ1) is 7.66. The summed E-state index contributed by atoms with van der Waals surface area (Å²) in [5.41, 5.74) is 0. The normalized spacial score (nSPS) is 15.2. The molecule has 1 N–H and O–H groups in total. The number of hydrogen-bond acceptors (Lipinski definition) is 2. The predicted molar refractivity (Wildman–Crippen MR) is 68.1 cm³/mol. The minimum Gasteiger partial charge on any atom is -0.467 e. The summed E-state index contributed by atoms with van der Waals surface area (Å²) in [6.45, 7) is 4.98. The van der Waals surface area contributed by atoms with Gasteiger partial charge in [0.05, 0.1) is 12.8 Å². The summed E-state index contributed by atoms with van der Waals surface area (Å²) in [5.74, 6) is 0.972. The van der Waals surface area contributed by atoms with Crippen molar-refractivity contribution in [1.82, 2.24) is 10.2 Å². The van der Waals surface area contributed by atoms with Crippen LogP contribution in [0, 0.1) is 0 Å². The van der Waals surface area contributed by atoms with Crippen LogP contribution >= 0.6 is 12.2 Å². The molecular formula is C12H18N2OS. The van der Waals surface area contributed by atoms with Gasteiger partial charge in [-0.2, -0.15) is 0 Å². The van der Waals surface area contributed by atoms with Gasteiger partial charge in [0.15, 0.2) is 5.11 Å². The Labute approximate surface area is 102 Å². The lowest BCUT2D eigenvalue weighted by Gasteiger charge is -2.26. The molecule has 1 aromatic heterocycles. The molecule has 0 aromatic carbocycles. The molecule has 1 saturated carbocycles. The van der Waals surface area contributed by atoms with E-state index in [-0.39, 0.29) is 0 Å². The maximum atomic E-state index is 5.41. The average molecular weight is 238 g/mol. The second kappa shape index (κ2) is 4.87. The number of hydrogen-bond donors (Lipinski definition) is 1. The van der Waals surface area contributed by atoms with Gasteiger partial charge in [-0.3, -0.25) is 0 Å². The zero-order chi connectivity index (χ0) is 11.5. The van der Waals surface area contributed by atoms with Crippen molar-refractivity contribution in [3.63, 3.8) is 0 Å². The molecule has 3 nitrogen and oxygen atoms in total. The van der Waals surface area contributed by atoms with E-state index in [1.54, 1.807) is 6.26 Å². The summed E-state index contributed by atoms with van der Waals surface area (Å²) < 4.78 is 5.37. The SMILES string of the molecule is CC(C)NC(=S)N(Cc1ccco1)C1CC1. The Morgan fingerprint density at radius 3 is 2.88 bits per heavy atom. The maximum absolute atomic E-state index is 5.41. The molecule has 0 saturated heterocycles. The summed E-state index contributed by atoms with van der Waals surface area (Å²) in [7, 11) is 0. The van der Waals surface area contributed by atoms with E-state index in [4.69, 9.17) is 16.6 Å². The van der Waals surface area contributed by atoms with Crippen LogP contribution in [0.1, 0.15) is 32.4 Å². The van der Waals surface area contributed by atoms with Gasteiger partial charge in [-0.25, -0.2) is 0 Å². The lowest BCUT2D eigenvalue weighted by Crippen LogP contribution is -2.43. The minimum atomic E-state index is 0.380. The molecule has 1 aromatic rings. The second-order valence-corrected chi connectivity index (χ2v) is 4.93. The predicted octanol–water partition coefficient (Wildman–Crippen LogP) is 2.53. The van der Waals surface area contributed by atoms with Crippen molar-refractivity contribution in [1.29, 1.82) is 0 Å². The molecule has 0 spiro atoms. The van der Waals surface area contributed by atoms with Crippen molar-refractivity contribution in [3.8, 4) is 0 Å². The molecule has 0 radical (unpaired) electrons. The van der Waals surface area contributed by atoms with Crippen molar-refractivity contribution in [2.24, 2.45) is 0 Å². The van der Waals surface area contributed by atoms with Gasteiger partial charge in [-0.1, -0.05) is 0 Å². The van der Waals surface area contributed by atoms with Crippen molar-refractivity contribution in [2.45, 2.75) is 45.3 Å². The van der Waals surface area contributed by atoms with Crippen LogP contribution in [0.2, 0.25) is 0 Å². The summed E-state index contributed by atoms with van der Waals surface area (Å²) >= 11 is 5.41. The van der Waals surface area contributed by atoms with Gasteiger partial charge in [0.2, 0.25) is 0 Å². The molecule has 0 atom stereocenters. The Kier molecular flexibility index (Phi) is 3.49. The fraction of sp³-hybridized carbons (Fsp3) is 0.583. The molecule has 1 aliphatic carbocycles. The Morgan fingerprint density at radius 1 is 1.62 bits per heavy atom. The van der Waals surface area contributed by atoms with Crippen LogP contribution in [-0.4, -0.2) is 22.1 Å². The van der Waals surface area contributed by atoms with Crippen LogP contribution in [0.3, 0.4) is 0 Å². The quantitative estimate of drug-likeness (QED) is 0.816. The van der Waals surface area contributed by atoms with E-state index < -0.39 is 0 Å². The molecule has 1 fully saturated rings. The van der Waals surface area contributed by atoms with Crippen molar-refractivity contribution in [3.05, 3.63) is 24.2 Å².